The number of carbonyl (C=O) groups is 3. The summed E-state index contributed by atoms with van der Waals surface area (Å²) < 4.78 is 0. The van der Waals surface area contributed by atoms with Crippen LogP contribution in [0.3, 0.4) is 0 Å². The fraction of sp³-hybridized carbons (Fsp3) is 0.400. The third-order valence-corrected chi connectivity index (χ3v) is 10.5. The largest absolute Gasteiger partial charge is 0.508 e. The highest BCUT2D eigenvalue weighted by atomic mass is 16.4. The fourth-order valence-corrected chi connectivity index (χ4v) is 8.55. The van der Waals surface area contributed by atoms with Crippen LogP contribution in [0.2, 0.25) is 0 Å². The second kappa shape index (κ2) is 9.24. The van der Waals surface area contributed by atoms with E-state index in [-0.39, 0.29) is 11.3 Å². The topological polar surface area (TPSA) is 152 Å². The van der Waals surface area contributed by atoms with E-state index in [9.17, 15) is 39.9 Å². The Morgan fingerprint density at radius 1 is 1.00 bits per heavy atom. The van der Waals surface area contributed by atoms with Gasteiger partial charge in [0.1, 0.15) is 22.8 Å². The lowest BCUT2D eigenvalue weighted by Gasteiger charge is -2.62. The number of aryl methyl sites for hydroxylation is 2. The van der Waals surface area contributed by atoms with Crippen LogP contribution in [0.25, 0.3) is 11.6 Å². The Morgan fingerprint density at radius 3 is 2.33 bits per heavy atom. The minimum absolute atomic E-state index is 0.129. The van der Waals surface area contributed by atoms with Gasteiger partial charge in [-0.1, -0.05) is 57.2 Å². The molecule has 0 radical (unpaired) electrons. The number of allylic oxidation sites excluding steroid dienone is 1. The number of aromatic hydroxyl groups is 1. The smallest absolute Gasteiger partial charge is 0.197 e. The maximum atomic E-state index is 14.2. The van der Waals surface area contributed by atoms with Crippen molar-refractivity contribution in [1.82, 2.24) is 0 Å². The third kappa shape index (κ3) is 3.42. The van der Waals surface area contributed by atoms with Crippen molar-refractivity contribution >= 4 is 29.0 Å². The van der Waals surface area contributed by atoms with Crippen LogP contribution in [-0.2, 0) is 22.4 Å². The van der Waals surface area contributed by atoms with E-state index in [4.69, 9.17) is 0 Å². The summed E-state index contributed by atoms with van der Waals surface area (Å²) in [5.74, 6) is -6.63. The molecule has 8 heteroatoms. The Labute approximate surface area is 249 Å². The van der Waals surface area contributed by atoms with E-state index in [1.54, 1.807) is 39.0 Å². The minimum Gasteiger partial charge on any atom is -0.508 e. The van der Waals surface area contributed by atoms with E-state index in [1.165, 1.54) is 24.1 Å². The fourth-order valence-electron chi connectivity index (χ4n) is 8.55. The standard InChI is InChI=1S/C35H36O8/c1-16(2)26-28(38)24(17(3)36)30(40)35(43)31(41)27-29(39)25-21(10-7-11-23(25)37)22(33(27,4)32(42)34(26,35)5)15-18-12-13-19-8-6-9-20(19)14-18/h7,10-16,26,32,37,40-43H,6,8-9H2,1-5H3/b22-15+/t26?,32-,33+,34+,35+/m1/s1. The molecule has 0 aliphatic heterocycles. The number of ketones is 3. The van der Waals surface area contributed by atoms with Gasteiger partial charge in [0.25, 0.3) is 0 Å². The third-order valence-electron chi connectivity index (χ3n) is 10.5. The summed E-state index contributed by atoms with van der Waals surface area (Å²) in [6, 6.07) is 10.6. The first-order chi connectivity index (χ1) is 20.1. The molecule has 6 rings (SSSR count). The number of rotatable bonds is 3. The molecule has 4 aliphatic carbocycles. The Hall–Kier alpha value is -4.01. The molecule has 0 spiro atoms. The van der Waals surface area contributed by atoms with Gasteiger partial charge in [-0.25, -0.2) is 0 Å². The van der Waals surface area contributed by atoms with Crippen molar-refractivity contribution in [3.05, 3.63) is 86.9 Å². The van der Waals surface area contributed by atoms with Gasteiger partial charge in [-0.2, -0.15) is 0 Å². The monoisotopic (exact) mass is 584 g/mol. The van der Waals surface area contributed by atoms with Gasteiger partial charge in [0.05, 0.1) is 22.7 Å². The SMILES string of the molecule is CC(=O)C1=C(O)[C@]2(O)C(O)=C3C(=O)c4c(O)cccc4/C(=C\c4ccc5c(c4)CCC5)[C@]3(C)[C@@H](O)[C@]2(C)C(C(C)C)C1=O. The van der Waals surface area contributed by atoms with Gasteiger partial charge >= 0.3 is 0 Å². The highest BCUT2D eigenvalue weighted by molar-refractivity contribution is 6.23. The van der Waals surface area contributed by atoms with E-state index in [0.717, 1.165) is 31.7 Å². The molecule has 2 aromatic rings. The number of phenolic OH excluding ortho intramolecular Hbond substituents is 1. The van der Waals surface area contributed by atoms with Gasteiger partial charge in [0.2, 0.25) is 0 Å². The molecule has 1 unspecified atom stereocenters. The zero-order valence-corrected chi connectivity index (χ0v) is 24.9. The summed E-state index contributed by atoms with van der Waals surface area (Å²) in [6.45, 7) is 7.43. The van der Waals surface area contributed by atoms with E-state index in [0.29, 0.717) is 11.1 Å². The first-order valence-corrected chi connectivity index (χ1v) is 14.7. The number of Topliss-reactive ketones (excluding diaryl/α,β-unsaturated/α-hetero) is 3. The maximum absolute atomic E-state index is 14.2. The Bertz CT molecular complexity index is 1740. The number of hydrogen-bond acceptors (Lipinski definition) is 8. The normalized spacial score (nSPS) is 32.6. The molecule has 0 bridgehead atoms. The molecular formula is C35H36O8. The number of hydrogen-bond donors (Lipinski definition) is 5. The number of fused-ring (bicyclic) bond motifs is 4. The van der Waals surface area contributed by atoms with Crippen LogP contribution in [-0.4, -0.2) is 54.6 Å². The van der Waals surface area contributed by atoms with E-state index >= 15 is 0 Å². The molecule has 4 aliphatic rings. The van der Waals surface area contributed by atoms with Crippen LogP contribution >= 0.6 is 0 Å². The predicted octanol–water partition coefficient (Wildman–Crippen LogP) is 4.80. The van der Waals surface area contributed by atoms with Gasteiger partial charge in [-0.15, -0.1) is 0 Å². The zero-order chi connectivity index (χ0) is 31.4. The number of benzene rings is 2. The average molecular weight is 585 g/mol. The first-order valence-electron chi connectivity index (χ1n) is 14.7. The van der Waals surface area contributed by atoms with Crippen LogP contribution in [0, 0.1) is 22.7 Å². The van der Waals surface area contributed by atoms with Crippen LogP contribution in [0.5, 0.6) is 5.75 Å². The summed E-state index contributed by atoms with van der Waals surface area (Å²) in [5.41, 5.74) is -3.85. The lowest BCUT2D eigenvalue weighted by molar-refractivity contribution is -0.200. The van der Waals surface area contributed by atoms with Crippen LogP contribution in [0.1, 0.15) is 73.7 Å². The molecule has 0 saturated carbocycles. The Kier molecular flexibility index (Phi) is 6.25. The van der Waals surface area contributed by atoms with Crippen molar-refractivity contribution in [3.63, 3.8) is 0 Å². The summed E-state index contributed by atoms with van der Waals surface area (Å²) in [4.78, 5) is 40.7. The molecule has 0 aromatic heterocycles. The summed E-state index contributed by atoms with van der Waals surface area (Å²) >= 11 is 0. The lowest BCUT2D eigenvalue weighted by atomic mass is 9.42. The van der Waals surface area contributed by atoms with Crippen LogP contribution in [0.4, 0.5) is 0 Å². The molecular weight excluding hydrogens is 548 g/mol. The van der Waals surface area contributed by atoms with E-state index in [2.05, 4.69) is 0 Å². The Morgan fingerprint density at radius 2 is 1.67 bits per heavy atom. The summed E-state index contributed by atoms with van der Waals surface area (Å²) in [5, 5.41) is 59.3. The van der Waals surface area contributed by atoms with Gasteiger partial charge in [0.15, 0.2) is 23.0 Å². The predicted molar refractivity (Wildman–Crippen MR) is 159 cm³/mol. The van der Waals surface area contributed by atoms with Gasteiger partial charge < -0.3 is 25.5 Å². The zero-order valence-electron chi connectivity index (χ0n) is 24.9. The second-order valence-corrected chi connectivity index (χ2v) is 13.2. The van der Waals surface area contributed by atoms with Gasteiger partial charge in [0, 0.05) is 11.3 Å². The minimum atomic E-state index is -2.86. The first kappa shape index (κ1) is 29.1. The molecule has 2 aromatic carbocycles. The highest BCUT2D eigenvalue weighted by Crippen LogP contribution is 2.68. The van der Waals surface area contributed by atoms with Crippen LogP contribution < -0.4 is 0 Å². The van der Waals surface area contributed by atoms with Crippen molar-refractivity contribution in [2.75, 3.05) is 0 Å². The lowest BCUT2D eigenvalue weighted by Crippen LogP contribution is -2.72. The molecule has 0 heterocycles. The quantitative estimate of drug-likeness (QED) is 0.323. The van der Waals surface area contributed by atoms with Gasteiger partial charge in [-0.3, -0.25) is 14.4 Å². The number of phenols is 1. The highest BCUT2D eigenvalue weighted by Gasteiger charge is 2.75. The molecule has 5 atom stereocenters. The van der Waals surface area contributed by atoms with Crippen molar-refractivity contribution in [2.45, 2.75) is 65.6 Å². The number of aliphatic hydroxyl groups is 4. The van der Waals surface area contributed by atoms with Crippen molar-refractivity contribution < 1.29 is 39.9 Å². The van der Waals surface area contributed by atoms with Crippen LogP contribution in [0.15, 0.2) is 59.1 Å². The number of carbonyl (C=O) groups excluding carboxylic acids is 3. The molecule has 8 nitrogen and oxygen atoms in total. The summed E-state index contributed by atoms with van der Waals surface area (Å²) in [7, 11) is 0. The molecule has 0 fully saturated rings. The number of aliphatic hydroxyl groups excluding tert-OH is 3. The molecule has 224 valence electrons. The molecule has 5 N–H and O–H groups in total. The average Bonchev–Trinajstić information content (AvgIpc) is 3.40. The maximum Gasteiger partial charge on any atom is 0.197 e. The van der Waals surface area contributed by atoms with Crippen molar-refractivity contribution in [1.29, 1.82) is 0 Å². The Balaban J connectivity index is 1.75. The van der Waals surface area contributed by atoms with E-state index < -0.39 is 74.4 Å². The van der Waals surface area contributed by atoms with Crippen molar-refractivity contribution in [2.24, 2.45) is 22.7 Å². The second-order valence-electron chi connectivity index (χ2n) is 13.2. The molecule has 0 saturated heterocycles. The van der Waals surface area contributed by atoms with Gasteiger partial charge in [-0.05, 0) is 72.9 Å². The molecule has 43 heavy (non-hydrogen) atoms. The van der Waals surface area contributed by atoms with Crippen molar-refractivity contribution in [3.8, 4) is 5.75 Å². The van der Waals surface area contributed by atoms with E-state index in [1.807, 2.05) is 18.2 Å². The molecule has 0 amide bonds. The summed E-state index contributed by atoms with van der Waals surface area (Å²) in [6.07, 6.45) is 3.01.